The first-order chi connectivity index (χ1) is 7.25. The van der Waals surface area contributed by atoms with Crippen LogP contribution in [-0.4, -0.2) is 48.2 Å². The van der Waals surface area contributed by atoms with Gasteiger partial charge in [0.15, 0.2) is 0 Å². The summed E-state index contributed by atoms with van der Waals surface area (Å²) in [6.07, 6.45) is 4.72. The van der Waals surface area contributed by atoms with Crippen LogP contribution < -0.4 is 5.32 Å². The minimum Gasteiger partial charge on any atom is -0.395 e. The van der Waals surface area contributed by atoms with Crippen molar-refractivity contribution in [3.63, 3.8) is 0 Å². The second-order valence-electron chi connectivity index (χ2n) is 4.14. The molecule has 0 spiro atoms. The van der Waals surface area contributed by atoms with Crippen molar-refractivity contribution in [2.75, 3.05) is 26.2 Å². The van der Waals surface area contributed by atoms with Gasteiger partial charge in [0.05, 0.1) is 12.6 Å². The Hall–Kier alpha value is -0.610. The maximum atomic E-state index is 11.9. The number of aliphatic hydroxyl groups is 1. The molecular formula is C11H22N2O2. The number of hydrogen-bond donors (Lipinski definition) is 2. The van der Waals surface area contributed by atoms with Crippen molar-refractivity contribution in [2.24, 2.45) is 0 Å². The SMILES string of the molecule is CC(NCCO)C(=O)N1CCCCCC1. The number of carbonyl (C=O) groups excluding carboxylic acids is 1. The fraction of sp³-hybridized carbons (Fsp3) is 0.909. The molecule has 2 N–H and O–H groups in total. The van der Waals surface area contributed by atoms with Crippen molar-refractivity contribution in [3.8, 4) is 0 Å². The zero-order valence-electron chi connectivity index (χ0n) is 9.54. The summed E-state index contributed by atoms with van der Waals surface area (Å²) in [6.45, 7) is 4.22. The lowest BCUT2D eigenvalue weighted by Crippen LogP contribution is -2.45. The normalized spacial score (nSPS) is 19.7. The lowest BCUT2D eigenvalue weighted by molar-refractivity contribution is -0.133. The highest BCUT2D eigenvalue weighted by atomic mass is 16.3. The molecule has 1 aliphatic heterocycles. The van der Waals surface area contributed by atoms with Gasteiger partial charge in [-0.2, -0.15) is 0 Å². The highest BCUT2D eigenvalue weighted by molar-refractivity contribution is 5.81. The smallest absolute Gasteiger partial charge is 0.239 e. The van der Waals surface area contributed by atoms with Gasteiger partial charge in [0.1, 0.15) is 0 Å². The highest BCUT2D eigenvalue weighted by Gasteiger charge is 2.20. The van der Waals surface area contributed by atoms with Crippen LogP contribution >= 0.6 is 0 Å². The summed E-state index contributed by atoms with van der Waals surface area (Å²) >= 11 is 0. The van der Waals surface area contributed by atoms with Crippen LogP contribution in [0.5, 0.6) is 0 Å². The van der Waals surface area contributed by atoms with E-state index in [0.717, 1.165) is 25.9 Å². The predicted molar refractivity (Wildman–Crippen MR) is 59.6 cm³/mol. The Morgan fingerprint density at radius 3 is 2.47 bits per heavy atom. The molecule has 1 heterocycles. The number of nitrogens with zero attached hydrogens (tertiary/aromatic N) is 1. The highest BCUT2D eigenvalue weighted by Crippen LogP contribution is 2.10. The molecule has 1 aliphatic rings. The third kappa shape index (κ3) is 4.18. The minimum absolute atomic E-state index is 0.0810. The molecule has 1 rings (SSSR count). The molecule has 4 heteroatoms. The van der Waals surface area contributed by atoms with E-state index in [1.54, 1.807) is 0 Å². The van der Waals surface area contributed by atoms with Crippen LogP contribution in [0.25, 0.3) is 0 Å². The van der Waals surface area contributed by atoms with E-state index in [1.807, 2.05) is 11.8 Å². The molecule has 1 saturated heterocycles. The predicted octanol–water partition coefficient (Wildman–Crippen LogP) is 0.359. The Morgan fingerprint density at radius 1 is 1.33 bits per heavy atom. The van der Waals surface area contributed by atoms with Gasteiger partial charge in [-0.05, 0) is 19.8 Å². The van der Waals surface area contributed by atoms with Crippen molar-refractivity contribution in [2.45, 2.75) is 38.6 Å². The van der Waals surface area contributed by atoms with E-state index in [9.17, 15) is 4.79 Å². The summed E-state index contributed by atoms with van der Waals surface area (Å²) in [4.78, 5) is 13.9. The van der Waals surface area contributed by atoms with Gasteiger partial charge >= 0.3 is 0 Å². The van der Waals surface area contributed by atoms with Gasteiger partial charge in [0, 0.05) is 19.6 Å². The summed E-state index contributed by atoms with van der Waals surface area (Å²) in [7, 11) is 0. The fourth-order valence-electron chi connectivity index (χ4n) is 1.93. The number of nitrogens with one attached hydrogen (secondary N) is 1. The lowest BCUT2D eigenvalue weighted by atomic mass is 10.2. The Labute approximate surface area is 91.6 Å². The number of aliphatic hydroxyl groups excluding tert-OH is 1. The molecular weight excluding hydrogens is 192 g/mol. The van der Waals surface area contributed by atoms with Crippen molar-refractivity contribution in [1.29, 1.82) is 0 Å². The summed E-state index contributed by atoms with van der Waals surface area (Å²) < 4.78 is 0. The molecule has 88 valence electrons. The zero-order valence-corrected chi connectivity index (χ0v) is 9.54. The molecule has 0 aromatic rings. The van der Waals surface area contributed by atoms with Crippen LogP contribution in [0.2, 0.25) is 0 Å². The first-order valence-corrected chi connectivity index (χ1v) is 5.88. The maximum Gasteiger partial charge on any atom is 0.239 e. The third-order valence-corrected chi connectivity index (χ3v) is 2.85. The summed E-state index contributed by atoms with van der Waals surface area (Å²) in [5.41, 5.74) is 0. The number of hydrogen-bond acceptors (Lipinski definition) is 3. The van der Waals surface area contributed by atoms with Crippen LogP contribution in [-0.2, 0) is 4.79 Å². The molecule has 1 amide bonds. The van der Waals surface area contributed by atoms with Crippen molar-refractivity contribution in [1.82, 2.24) is 10.2 Å². The van der Waals surface area contributed by atoms with E-state index < -0.39 is 0 Å². The van der Waals surface area contributed by atoms with Crippen LogP contribution in [0.15, 0.2) is 0 Å². The Morgan fingerprint density at radius 2 is 1.93 bits per heavy atom. The maximum absolute atomic E-state index is 11.9. The molecule has 1 unspecified atom stereocenters. The summed E-state index contributed by atoms with van der Waals surface area (Å²) in [5, 5.41) is 11.7. The first kappa shape index (κ1) is 12.5. The van der Waals surface area contributed by atoms with Crippen molar-refractivity contribution >= 4 is 5.91 Å². The second-order valence-corrected chi connectivity index (χ2v) is 4.14. The molecule has 4 nitrogen and oxygen atoms in total. The monoisotopic (exact) mass is 214 g/mol. The molecule has 1 fully saturated rings. The molecule has 0 aliphatic carbocycles. The van der Waals surface area contributed by atoms with Crippen LogP contribution in [0.4, 0.5) is 0 Å². The molecule has 0 aromatic heterocycles. The average molecular weight is 214 g/mol. The number of likely N-dealkylation sites (tertiary alicyclic amines) is 1. The van der Waals surface area contributed by atoms with Gasteiger partial charge in [-0.15, -0.1) is 0 Å². The number of rotatable bonds is 4. The molecule has 0 radical (unpaired) electrons. The summed E-state index contributed by atoms with van der Waals surface area (Å²) in [6, 6.07) is -0.171. The van der Waals surface area contributed by atoms with Crippen molar-refractivity contribution in [3.05, 3.63) is 0 Å². The molecule has 0 saturated carbocycles. The fourth-order valence-corrected chi connectivity index (χ4v) is 1.93. The van der Waals surface area contributed by atoms with E-state index in [-0.39, 0.29) is 18.6 Å². The summed E-state index contributed by atoms with van der Waals surface area (Å²) in [5.74, 6) is 0.172. The van der Waals surface area contributed by atoms with E-state index in [2.05, 4.69) is 5.32 Å². The van der Waals surface area contributed by atoms with Crippen LogP contribution in [0.3, 0.4) is 0 Å². The molecule has 15 heavy (non-hydrogen) atoms. The Balaban J connectivity index is 2.35. The topological polar surface area (TPSA) is 52.6 Å². The average Bonchev–Trinajstić information content (AvgIpc) is 2.53. The van der Waals surface area contributed by atoms with E-state index in [1.165, 1.54) is 12.8 Å². The van der Waals surface area contributed by atoms with E-state index >= 15 is 0 Å². The Bertz CT molecular complexity index is 189. The number of amides is 1. The van der Waals surface area contributed by atoms with Gasteiger partial charge < -0.3 is 15.3 Å². The van der Waals surface area contributed by atoms with E-state index in [0.29, 0.717) is 6.54 Å². The minimum atomic E-state index is -0.171. The van der Waals surface area contributed by atoms with Gasteiger partial charge in [-0.3, -0.25) is 4.79 Å². The first-order valence-electron chi connectivity index (χ1n) is 5.88. The van der Waals surface area contributed by atoms with Crippen LogP contribution in [0, 0.1) is 0 Å². The second kappa shape index (κ2) is 6.80. The van der Waals surface area contributed by atoms with Gasteiger partial charge in [0.2, 0.25) is 5.91 Å². The largest absolute Gasteiger partial charge is 0.395 e. The molecule has 1 atom stereocenters. The standard InChI is InChI=1S/C11H22N2O2/c1-10(12-6-9-14)11(15)13-7-4-2-3-5-8-13/h10,12,14H,2-9H2,1H3. The molecule has 0 bridgehead atoms. The third-order valence-electron chi connectivity index (χ3n) is 2.85. The molecule has 0 aromatic carbocycles. The quantitative estimate of drug-likeness (QED) is 0.710. The number of carbonyl (C=O) groups is 1. The van der Waals surface area contributed by atoms with Gasteiger partial charge in [0.25, 0.3) is 0 Å². The van der Waals surface area contributed by atoms with Gasteiger partial charge in [-0.25, -0.2) is 0 Å². The Kier molecular flexibility index (Phi) is 5.65. The van der Waals surface area contributed by atoms with E-state index in [4.69, 9.17) is 5.11 Å². The zero-order chi connectivity index (χ0) is 11.1. The van der Waals surface area contributed by atoms with Crippen molar-refractivity contribution < 1.29 is 9.90 Å². The van der Waals surface area contributed by atoms with Crippen LogP contribution in [0.1, 0.15) is 32.6 Å². The van der Waals surface area contributed by atoms with Gasteiger partial charge in [-0.1, -0.05) is 12.8 Å². The lowest BCUT2D eigenvalue weighted by Gasteiger charge is -2.24.